The van der Waals surface area contributed by atoms with Gasteiger partial charge in [0.2, 0.25) is 5.90 Å². The molecule has 0 saturated carbocycles. The molecule has 1 aliphatic heterocycles. The SMILES string of the molecule is Cc1ccc(C2=N/C(=C\c3ccccc3Br)C(=O)O2)cc1[N+](=O)[O-]. The van der Waals surface area contributed by atoms with Crippen LogP contribution >= 0.6 is 15.9 Å². The number of hydrogen-bond donors (Lipinski definition) is 0. The van der Waals surface area contributed by atoms with Crippen LogP contribution in [-0.4, -0.2) is 16.8 Å². The van der Waals surface area contributed by atoms with Crippen LogP contribution in [0.25, 0.3) is 6.08 Å². The lowest BCUT2D eigenvalue weighted by Gasteiger charge is -2.01. The predicted octanol–water partition coefficient (Wildman–Crippen LogP) is 4.01. The molecule has 1 heterocycles. The van der Waals surface area contributed by atoms with Gasteiger partial charge in [0.25, 0.3) is 5.69 Å². The van der Waals surface area contributed by atoms with Crippen LogP contribution in [0.15, 0.2) is 57.6 Å². The van der Waals surface area contributed by atoms with Crippen molar-refractivity contribution in [1.29, 1.82) is 0 Å². The molecule has 7 heteroatoms. The van der Waals surface area contributed by atoms with Crippen LogP contribution in [0.4, 0.5) is 5.69 Å². The molecule has 1 aliphatic rings. The number of cyclic esters (lactones) is 1. The Kier molecular flexibility index (Phi) is 4.26. The molecule has 0 aromatic heterocycles. The zero-order valence-corrected chi connectivity index (χ0v) is 14.1. The molecule has 24 heavy (non-hydrogen) atoms. The number of carbonyl (C=O) groups is 1. The number of nitrogens with zero attached hydrogens (tertiary/aromatic N) is 2. The first-order valence-electron chi connectivity index (χ1n) is 6.98. The first-order chi connectivity index (χ1) is 11.5. The Morgan fingerprint density at radius 2 is 2.00 bits per heavy atom. The highest BCUT2D eigenvalue weighted by Gasteiger charge is 2.26. The monoisotopic (exact) mass is 386 g/mol. The summed E-state index contributed by atoms with van der Waals surface area (Å²) in [5.41, 5.74) is 1.78. The quantitative estimate of drug-likeness (QED) is 0.345. The second kappa shape index (κ2) is 6.37. The van der Waals surface area contributed by atoms with E-state index in [0.29, 0.717) is 11.1 Å². The number of hydrogen-bond acceptors (Lipinski definition) is 5. The van der Waals surface area contributed by atoms with Crippen molar-refractivity contribution in [2.75, 3.05) is 0 Å². The summed E-state index contributed by atoms with van der Waals surface area (Å²) < 4.78 is 5.97. The Balaban J connectivity index is 2.00. The number of esters is 1. The number of carbonyl (C=O) groups excluding carboxylic acids is 1. The van der Waals surface area contributed by atoms with Gasteiger partial charge in [-0.3, -0.25) is 10.1 Å². The first kappa shape index (κ1) is 16.1. The fourth-order valence-electron chi connectivity index (χ4n) is 2.21. The third-order valence-corrected chi connectivity index (χ3v) is 4.19. The summed E-state index contributed by atoms with van der Waals surface area (Å²) in [6.07, 6.45) is 1.60. The maximum atomic E-state index is 12.0. The number of rotatable bonds is 3. The van der Waals surface area contributed by atoms with Crippen molar-refractivity contribution in [3.63, 3.8) is 0 Å². The van der Waals surface area contributed by atoms with Gasteiger partial charge in [0.1, 0.15) is 0 Å². The van der Waals surface area contributed by atoms with E-state index in [0.717, 1.165) is 10.0 Å². The van der Waals surface area contributed by atoms with Crippen molar-refractivity contribution in [1.82, 2.24) is 0 Å². The topological polar surface area (TPSA) is 81.8 Å². The highest BCUT2D eigenvalue weighted by atomic mass is 79.9. The molecular weight excluding hydrogens is 376 g/mol. The molecule has 0 radical (unpaired) electrons. The lowest BCUT2D eigenvalue weighted by molar-refractivity contribution is -0.385. The molecule has 0 unspecified atom stereocenters. The molecule has 0 N–H and O–H groups in total. The summed E-state index contributed by atoms with van der Waals surface area (Å²) >= 11 is 3.40. The minimum absolute atomic E-state index is 0.0468. The van der Waals surface area contributed by atoms with E-state index in [1.807, 2.05) is 24.3 Å². The van der Waals surface area contributed by atoms with Crippen molar-refractivity contribution in [2.45, 2.75) is 6.92 Å². The lowest BCUT2D eigenvalue weighted by atomic mass is 10.1. The molecule has 0 spiro atoms. The lowest BCUT2D eigenvalue weighted by Crippen LogP contribution is -2.06. The van der Waals surface area contributed by atoms with E-state index in [2.05, 4.69) is 20.9 Å². The van der Waals surface area contributed by atoms with E-state index in [4.69, 9.17) is 4.74 Å². The smallest absolute Gasteiger partial charge is 0.363 e. The zero-order valence-electron chi connectivity index (χ0n) is 12.5. The number of benzene rings is 2. The summed E-state index contributed by atoms with van der Waals surface area (Å²) in [6, 6.07) is 12.0. The Bertz CT molecular complexity index is 919. The number of nitro groups is 1. The average Bonchev–Trinajstić information content (AvgIpc) is 2.91. The molecule has 2 aromatic rings. The fraction of sp³-hybridized carbons (Fsp3) is 0.0588. The van der Waals surface area contributed by atoms with Crippen molar-refractivity contribution in [2.24, 2.45) is 4.99 Å². The summed E-state index contributed by atoms with van der Waals surface area (Å²) in [5.74, 6) is -0.537. The molecule has 3 rings (SSSR count). The maximum absolute atomic E-state index is 12.0. The van der Waals surface area contributed by atoms with E-state index in [-0.39, 0.29) is 17.3 Å². The number of nitro benzene ring substituents is 1. The van der Waals surface area contributed by atoms with E-state index in [1.165, 1.54) is 6.07 Å². The van der Waals surface area contributed by atoms with Crippen LogP contribution < -0.4 is 0 Å². The second-order valence-electron chi connectivity index (χ2n) is 5.12. The molecule has 2 aromatic carbocycles. The third-order valence-electron chi connectivity index (χ3n) is 3.47. The van der Waals surface area contributed by atoms with E-state index < -0.39 is 10.9 Å². The molecule has 0 bridgehead atoms. The van der Waals surface area contributed by atoms with Gasteiger partial charge in [-0.25, -0.2) is 9.79 Å². The summed E-state index contributed by atoms with van der Waals surface area (Å²) in [4.78, 5) is 26.7. The number of aliphatic imine (C=N–C) groups is 1. The van der Waals surface area contributed by atoms with Gasteiger partial charge in [-0.15, -0.1) is 0 Å². The van der Waals surface area contributed by atoms with Crippen molar-refractivity contribution in [3.8, 4) is 0 Å². The molecule has 0 amide bonds. The van der Waals surface area contributed by atoms with Crippen LogP contribution in [0.2, 0.25) is 0 Å². The number of halogens is 1. The van der Waals surface area contributed by atoms with Gasteiger partial charge in [0.05, 0.1) is 4.92 Å². The summed E-state index contributed by atoms with van der Waals surface area (Å²) in [5, 5.41) is 11.0. The van der Waals surface area contributed by atoms with Crippen molar-refractivity contribution < 1.29 is 14.5 Å². The Labute approximate surface area is 145 Å². The number of aryl methyl sites for hydroxylation is 1. The standard InChI is InChI=1S/C17H11BrN2O4/c1-10-6-7-12(9-15(10)20(22)23)16-19-14(17(21)24-16)8-11-4-2-3-5-13(11)18/h2-9H,1H3/b14-8-. The van der Waals surface area contributed by atoms with Gasteiger partial charge in [0, 0.05) is 21.7 Å². The third kappa shape index (κ3) is 3.11. The summed E-state index contributed by atoms with van der Waals surface area (Å²) in [7, 11) is 0. The van der Waals surface area contributed by atoms with Crippen LogP contribution in [-0.2, 0) is 9.53 Å². The molecule has 0 fully saturated rings. The molecule has 120 valence electrons. The van der Waals surface area contributed by atoms with Gasteiger partial charge in [-0.2, -0.15) is 0 Å². The maximum Gasteiger partial charge on any atom is 0.363 e. The number of ether oxygens (including phenoxy) is 1. The van der Waals surface area contributed by atoms with Crippen LogP contribution in [0, 0.1) is 17.0 Å². The predicted molar refractivity (Wildman–Crippen MR) is 92.6 cm³/mol. The van der Waals surface area contributed by atoms with Gasteiger partial charge in [-0.05, 0) is 30.7 Å². The van der Waals surface area contributed by atoms with Crippen LogP contribution in [0.5, 0.6) is 0 Å². The molecule has 6 nitrogen and oxygen atoms in total. The zero-order chi connectivity index (χ0) is 17.3. The minimum Gasteiger partial charge on any atom is -0.402 e. The Morgan fingerprint density at radius 3 is 2.71 bits per heavy atom. The highest BCUT2D eigenvalue weighted by molar-refractivity contribution is 9.10. The van der Waals surface area contributed by atoms with E-state index >= 15 is 0 Å². The van der Waals surface area contributed by atoms with Gasteiger partial charge < -0.3 is 4.74 Å². The van der Waals surface area contributed by atoms with Gasteiger partial charge in [0.15, 0.2) is 5.70 Å². The largest absolute Gasteiger partial charge is 0.402 e. The second-order valence-corrected chi connectivity index (χ2v) is 5.97. The van der Waals surface area contributed by atoms with E-state index in [9.17, 15) is 14.9 Å². The van der Waals surface area contributed by atoms with Gasteiger partial charge in [-0.1, -0.05) is 40.2 Å². The first-order valence-corrected chi connectivity index (χ1v) is 7.77. The molecule has 0 aliphatic carbocycles. The van der Waals surface area contributed by atoms with Crippen LogP contribution in [0.3, 0.4) is 0 Å². The molecular formula is C17H11BrN2O4. The van der Waals surface area contributed by atoms with Crippen molar-refractivity contribution >= 4 is 39.6 Å². The average molecular weight is 387 g/mol. The Hall–Kier alpha value is -2.80. The fourth-order valence-corrected chi connectivity index (χ4v) is 2.61. The normalized spacial score (nSPS) is 15.3. The van der Waals surface area contributed by atoms with Gasteiger partial charge >= 0.3 is 5.97 Å². The van der Waals surface area contributed by atoms with Crippen molar-refractivity contribution in [3.05, 3.63) is 79.4 Å². The van der Waals surface area contributed by atoms with E-state index in [1.54, 1.807) is 25.1 Å². The molecule has 0 saturated heterocycles. The summed E-state index contributed by atoms with van der Waals surface area (Å²) in [6.45, 7) is 1.64. The molecule has 0 atom stereocenters. The minimum atomic E-state index is -0.594. The van der Waals surface area contributed by atoms with Crippen LogP contribution in [0.1, 0.15) is 16.7 Å². The Morgan fingerprint density at radius 1 is 1.25 bits per heavy atom. The highest BCUT2D eigenvalue weighted by Crippen LogP contribution is 2.25.